The molecule has 0 amide bonds. The Bertz CT molecular complexity index is 601. The summed E-state index contributed by atoms with van der Waals surface area (Å²) in [5.41, 5.74) is 1.15. The smallest absolute Gasteiger partial charge is 0.305 e. The maximum absolute atomic E-state index is 10.6. The second kappa shape index (κ2) is 7.46. The van der Waals surface area contributed by atoms with Gasteiger partial charge in [0.15, 0.2) is 0 Å². The number of anilines is 1. The first kappa shape index (κ1) is 15.8. The molecule has 0 fully saturated rings. The molecule has 22 heavy (non-hydrogen) atoms. The SMILES string of the molecule is CN(C)C(CNc1ncc([N+](=O)[O-])cn1)Cc1ccccc1. The topological polar surface area (TPSA) is 84.2 Å². The lowest BCUT2D eigenvalue weighted by Gasteiger charge is -2.24. The van der Waals surface area contributed by atoms with E-state index < -0.39 is 4.92 Å². The molecule has 1 heterocycles. The van der Waals surface area contributed by atoms with E-state index in [0.717, 1.165) is 6.42 Å². The Kier molecular flexibility index (Phi) is 5.37. The summed E-state index contributed by atoms with van der Waals surface area (Å²) in [5, 5.41) is 13.7. The predicted octanol–water partition coefficient (Wildman–Crippen LogP) is 1.97. The van der Waals surface area contributed by atoms with E-state index in [-0.39, 0.29) is 11.7 Å². The van der Waals surface area contributed by atoms with Crippen molar-refractivity contribution in [1.82, 2.24) is 14.9 Å². The maximum Gasteiger partial charge on any atom is 0.305 e. The first-order valence-electron chi connectivity index (χ1n) is 6.97. The third kappa shape index (κ3) is 4.49. The molecular formula is C15H19N5O2. The van der Waals surface area contributed by atoms with Crippen molar-refractivity contribution in [3.05, 3.63) is 58.4 Å². The van der Waals surface area contributed by atoms with Crippen molar-refractivity contribution in [2.24, 2.45) is 0 Å². The van der Waals surface area contributed by atoms with Gasteiger partial charge in [0.25, 0.3) is 0 Å². The number of nitro groups is 1. The van der Waals surface area contributed by atoms with Gasteiger partial charge in [-0.3, -0.25) is 10.1 Å². The van der Waals surface area contributed by atoms with Crippen LogP contribution in [-0.2, 0) is 6.42 Å². The summed E-state index contributed by atoms with van der Waals surface area (Å²) in [7, 11) is 4.04. The van der Waals surface area contributed by atoms with E-state index in [9.17, 15) is 10.1 Å². The number of benzene rings is 1. The fourth-order valence-electron chi connectivity index (χ4n) is 2.04. The summed E-state index contributed by atoms with van der Waals surface area (Å²) in [6.45, 7) is 0.652. The van der Waals surface area contributed by atoms with Gasteiger partial charge in [-0.05, 0) is 26.1 Å². The number of hydrogen-bond acceptors (Lipinski definition) is 6. The van der Waals surface area contributed by atoms with E-state index in [1.807, 2.05) is 32.3 Å². The van der Waals surface area contributed by atoms with Crippen LogP contribution in [0.5, 0.6) is 0 Å². The van der Waals surface area contributed by atoms with E-state index in [1.165, 1.54) is 18.0 Å². The Morgan fingerprint density at radius 1 is 1.23 bits per heavy atom. The van der Waals surface area contributed by atoms with Gasteiger partial charge in [-0.2, -0.15) is 0 Å². The largest absolute Gasteiger partial charge is 0.353 e. The van der Waals surface area contributed by atoms with Crippen molar-refractivity contribution < 1.29 is 4.92 Å². The van der Waals surface area contributed by atoms with Gasteiger partial charge in [0.1, 0.15) is 12.4 Å². The number of nitrogens with one attached hydrogen (secondary N) is 1. The fourth-order valence-corrected chi connectivity index (χ4v) is 2.04. The van der Waals surface area contributed by atoms with Gasteiger partial charge >= 0.3 is 5.69 Å². The van der Waals surface area contributed by atoms with E-state index in [4.69, 9.17) is 0 Å². The molecule has 1 unspecified atom stereocenters. The molecule has 0 aliphatic rings. The monoisotopic (exact) mass is 301 g/mol. The minimum absolute atomic E-state index is 0.112. The molecule has 0 spiro atoms. The summed E-state index contributed by atoms with van der Waals surface area (Å²) < 4.78 is 0. The minimum atomic E-state index is -0.512. The summed E-state index contributed by atoms with van der Waals surface area (Å²) >= 11 is 0. The normalized spacial score (nSPS) is 12.1. The van der Waals surface area contributed by atoms with Gasteiger partial charge in [-0.25, -0.2) is 9.97 Å². The maximum atomic E-state index is 10.6. The molecule has 0 radical (unpaired) electrons. The van der Waals surface area contributed by atoms with Crippen LogP contribution in [-0.4, -0.2) is 46.5 Å². The van der Waals surface area contributed by atoms with E-state index >= 15 is 0 Å². The molecule has 0 bridgehead atoms. The van der Waals surface area contributed by atoms with E-state index in [1.54, 1.807) is 0 Å². The van der Waals surface area contributed by atoms with Gasteiger partial charge in [0.2, 0.25) is 5.95 Å². The van der Waals surface area contributed by atoms with Crippen LogP contribution < -0.4 is 5.32 Å². The second-order valence-electron chi connectivity index (χ2n) is 5.21. The highest BCUT2D eigenvalue weighted by Crippen LogP contribution is 2.10. The van der Waals surface area contributed by atoms with E-state index in [2.05, 4.69) is 32.3 Å². The van der Waals surface area contributed by atoms with Crippen molar-refractivity contribution in [3.8, 4) is 0 Å². The zero-order chi connectivity index (χ0) is 15.9. The first-order chi connectivity index (χ1) is 10.6. The average Bonchev–Trinajstić information content (AvgIpc) is 2.52. The minimum Gasteiger partial charge on any atom is -0.353 e. The molecule has 7 nitrogen and oxygen atoms in total. The molecule has 116 valence electrons. The molecule has 1 N–H and O–H groups in total. The van der Waals surface area contributed by atoms with Gasteiger partial charge in [0.05, 0.1) is 4.92 Å². The van der Waals surface area contributed by atoms with Crippen LogP contribution in [0.3, 0.4) is 0 Å². The van der Waals surface area contributed by atoms with Crippen LogP contribution in [0, 0.1) is 10.1 Å². The van der Waals surface area contributed by atoms with Crippen molar-refractivity contribution in [1.29, 1.82) is 0 Å². The Morgan fingerprint density at radius 3 is 2.41 bits per heavy atom. The molecule has 0 saturated carbocycles. The summed E-state index contributed by atoms with van der Waals surface area (Å²) in [5.74, 6) is 0.394. The quantitative estimate of drug-likeness (QED) is 0.622. The molecule has 2 rings (SSSR count). The summed E-state index contributed by atoms with van der Waals surface area (Å²) in [6, 6.07) is 10.5. The zero-order valence-corrected chi connectivity index (χ0v) is 12.6. The van der Waals surface area contributed by atoms with E-state index in [0.29, 0.717) is 12.5 Å². The van der Waals surface area contributed by atoms with Crippen LogP contribution in [0.4, 0.5) is 11.6 Å². The number of aromatic nitrogens is 2. The third-order valence-electron chi connectivity index (χ3n) is 3.39. The number of nitrogens with zero attached hydrogens (tertiary/aromatic N) is 4. The highest BCUT2D eigenvalue weighted by molar-refractivity contribution is 5.31. The second-order valence-corrected chi connectivity index (χ2v) is 5.21. The Balaban J connectivity index is 1.95. The first-order valence-corrected chi connectivity index (χ1v) is 6.97. The predicted molar refractivity (Wildman–Crippen MR) is 84.8 cm³/mol. The summed E-state index contributed by atoms with van der Waals surface area (Å²) in [4.78, 5) is 20.1. The number of rotatable bonds is 7. The molecule has 7 heteroatoms. The highest BCUT2D eigenvalue weighted by atomic mass is 16.6. The van der Waals surface area contributed by atoms with Crippen LogP contribution in [0.25, 0.3) is 0 Å². The van der Waals surface area contributed by atoms with Crippen molar-refractivity contribution in [2.75, 3.05) is 26.0 Å². The number of hydrogen-bond donors (Lipinski definition) is 1. The molecule has 1 aromatic heterocycles. The highest BCUT2D eigenvalue weighted by Gasteiger charge is 2.13. The van der Waals surface area contributed by atoms with Crippen molar-refractivity contribution in [3.63, 3.8) is 0 Å². The lowest BCUT2D eigenvalue weighted by molar-refractivity contribution is -0.385. The van der Waals surface area contributed by atoms with Crippen LogP contribution in [0.15, 0.2) is 42.7 Å². The van der Waals surface area contributed by atoms with Gasteiger partial charge < -0.3 is 10.2 Å². The third-order valence-corrected chi connectivity index (χ3v) is 3.39. The molecule has 1 aromatic carbocycles. The molecule has 2 aromatic rings. The van der Waals surface area contributed by atoms with Gasteiger partial charge in [0, 0.05) is 12.6 Å². The summed E-state index contributed by atoms with van der Waals surface area (Å²) in [6.07, 6.45) is 3.31. The van der Waals surface area contributed by atoms with Gasteiger partial charge in [-0.1, -0.05) is 30.3 Å². The van der Waals surface area contributed by atoms with Crippen LogP contribution in [0.2, 0.25) is 0 Å². The van der Waals surface area contributed by atoms with Gasteiger partial charge in [-0.15, -0.1) is 0 Å². The lowest BCUT2D eigenvalue weighted by Crippen LogP contribution is -2.36. The standard InChI is InChI=1S/C15H19N5O2/c1-19(2)13(8-12-6-4-3-5-7-12)9-16-15-17-10-14(11-18-15)20(21)22/h3-7,10-11,13H,8-9H2,1-2H3,(H,16,17,18). The molecule has 1 atom stereocenters. The Labute approximate surface area is 129 Å². The Hall–Kier alpha value is -2.54. The molecule has 0 aliphatic heterocycles. The average molecular weight is 301 g/mol. The van der Waals surface area contributed by atoms with Crippen molar-refractivity contribution >= 4 is 11.6 Å². The Morgan fingerprint density at radius 2 is 1.86 bits per heavy atom. The fraction of sp³-hybridized carbons (Fsp3) is 0.333. The molecular weight excluding hydrogens is 282 g/mol. The molecule has 0 aliphatic carbocycles. The molecule has 0 saturated heterocycles. The van der Waals surface area contributed by atoms with Crippen LogP contribution >= 0.6 is 0 Å². The van der Waals surface area contributed by atoms with Crippen molar-refractivity contribution in [2.45, 2.75) is 12.5 Å². The zero-order valence-electron chi connectivity index (χ0n) is 12.6. The van der Waals surface area contributed by atoms with Crippen LogP contribution in [0.1, 0.15) is 5.56 Å². The number of likely N-dealkylation sites (N-methyl/N-ethyl adjacent to an activating group) is 1. The lowest BCUT2D eigenvalue weighted by atomic mass is 10.1.